The lowest BCUT2D eigenvalue weighted by molar-refractivity contribution is -0.274. The zero-order valence-corrected chi connectivity index (χ0v) is 11.5. The third-order valence-corrected chi connectivity index (χ3v) is 3.35. The molecule has 4 nitrogen and oxygen atoms in total. The van der Waals surface area contributed by atoms with E-state index in [4.69, 9.17) is 5.73 Å². The topological polar surface area (TPSA) is 59.6 Å². The summed E-state index contributed by atoms with van der Waals surface area (Å²) in [6.07, 6.45) is 0.166. The van der Waals surface area contributed by atoms with Crippen molar-refractivity contribution in [2.45, 2.75) is 32.0 Å². The first-order chi connectivity index (χ1) is 9.92. The molecule has 0 atom stereocenters. The van der Waals surface area contributed by atoms with Gasteiger partial charge in [-0.05, 0) is 43.0 Å². The van der Waals surface area contributed by atoms with Crippen molar-refractivity contribution in [3.8, 4) is 5.75 Å². The molecule has 116 valence electrons. The normalized spacial score (nSPS) is 17.0. The monoisotopic (exact) mass is 301 g/mol. The highest BCUT2D eigenvalue weighted by molar-refractivity contribution is 5.92. The Labute approximate surface area is 121 Å². The van der Waals surface area contributed by atoms with E-state index in [-0.39, 0.29) is 11.7 Å². The van der Waals surface area contributed by atoms with Gasteiger partial charge in [0.15, 0.2) is 5.96 Å². The number of alkyl halides is 3. The first-order valence-electron chi connectivity index (χ1n) is 6.85. The molecule has 0 bridgehead atoms. The van der Waals surface area contributed by atoms with Gasteiger partial charge in [0.25, 0.3) is 0 Å². The summed E-state index contributed by atoms with van der Waals surface area (Å²) in [5.41, 5.74) is 6.32. The molecule has 0 saturated heterocycles. The minimum absolute atomic E-state index is 0.269. The Morgan fingerprint density at radius 3 is 2.43 bits per heavy atom. The van der Waals surface area contributed by atoms with Gasteiger partial charge in [-0.25, -0.2) is 0 Å². The molecule has 1 aromatic rings. The van der Waals surface area contributed by atoms with Gasteiger partial charge >= 0.3 is 6.36 Å². The van der Waals surface area contributed by atoms with Crippen LogP contribution >= 0.6 is 0 Å². The zero-order chi connectivity index (χ0) is 15.3. The van der Waals surface area contributed by atoms with Crippen LogP contribution in [0.2, 0.25) is 0 Å². The summed E-state index contributed by atoms with van der Waals surface area (Å²) in [6, 6.07) is 5.36. The molecule has 0 aliphatic heterocycles. The van der Waals surface area contributed by atoms with Crippen molar-refractivity contribution >= 4 is 11.6 Å². The number of guanidine groups is 1. The molecule has 1 aliphatic rings. The summed E-state index contributed by atoms with van der Waals surface area (Å²) in [4.78, 5) is 4.26. The number of nitrogens with one attached hydrogen (secondary N) is 1. The Morgan fingerprint density at radius 2 is 1.86 bits per heavy atom. The maximum absolute atomic E-state index is 12.0. The number of nitrogens with zero attached hydrogens (tertiary/aromatic N) is 1. The third kappa shape index (κ3) is 5.53. The lowest BCUT2D eigenvalue weighted by Crippen LogP contribution is -2.23. The van der Waals surface area contributed by atoms with Crippen LogP contribution < -0.4 is 15.8 Å². The lowest BCUT2D eigenvalue weighted by atomic mass is 10.1. The summed E-state index contributed by atoms with van der Waals surface area (Å²) in [7, 11) is 0. The molecule has 0 heterocycles. The minimum Gasteiger partial charge on any atom is -0.406 e. The summed E-state index contributed by atoms with van der Waals surface area (Å²) in [6.45, 7) is 0.689. The summed E-state index contributed by atoms with van der Waals surface area (Å²) in [5.74, 6) is 0.591. The van der Waals surface area contributed by atoms with E-state index in [2.05, 4.69) is 15.0 Å². The molecule has 7 heteroatoms. The number of ether oxygens (including phenoxy) is 1. The third-order valence-electron chi connectivity index (χ3n) is 3.35. The molecule has 0 spiro atoms. The van der Waals surface area contributed by atoms with Crippen LogP contribution in [0.3, 0.4) is 0 Å². The standard InChI is InChI=1S/C14H18F3N3O/c15-14(16,17)21-12-7-5-11(6-8-12)20-13(18)19-9-10-3-1-2-4-10/h5-8,10H,1-4,9H2,(H3,18,19,20). The van der Waals surface area contributed by atoms with Gasteiger partial charge in [-0.3, -0.25) is 4.99 Å². The van der Waals surface area contributed by atoms with Crippen LogP contribution in [0, 0.1) is 5.92 Å². The highest BCUT2D eigenvalue weighted by Crippen LogP contribution is 2.25. The molecule has 0 radical (unpaired) electrons. The molecule has 2 rings (SSSR count). The van der Waals surface area contributed by atoms with E-state index >= 15 is 0 Å². The largest absolute Gasteiger partial charge is 0.573 e. The molecule has 0 amide bonds. The number of aliphatic imine (C=N–C) groups is 1. The van der Waals surface area contributed by atoms with Gasteiger partial charge in [0, 0.05) is 12.2 Å². The van der Waals surface area contributed by atoms with Crippen molar-refractivity contribution in [1.82, 2.24) is 0 Å². The molecule has 1 fully saturated rings. The summed E-state index contributed by atoms with van der Waals surface area (Å²) in [5, 5.41) is 2.85. The number of hydrogen-bond donors (Lipinski definition) is 2. The number of hydrogen-bond acceptors (Lipinski definition) is 2. The SMILES string of the molecule is NC(=NCC1CCCC1)Nc1ccc(OC(F)(F)F)cc1. The van der Waals surface area contributed by atoms with Crippen LogP contribution in [0.5, 0.6) is 5.75 Å². The molecule has 1 saturated carbocycles. The molecule has 0 aromatic heterocycles. The second-order valence-corrected chi connectivity index (χ2v) is 5.07. The van der Waals surface area contributed by atoms with Crippen LogP contribution in [0.25, 0.3) is 0 Å². The average molecular weight is 301 g/mol. The van der Waals surface area contributed by atoms with Crippen LogP contribution in [0.4, 0.5) is 18.9 Å². The Morgan fingerprint density at radius 1 is 1.24 bits per heavy atom. The van der Waals surface area contributed by atoms with Gasteiger partial charge < -0.3 is 15.8 Å². The fourth-order valence-electron chi connectivity index (χ4n) is 2.35. The Balaban J connectivity index is 1.85. The maximum Gasteiger partial charge on any atom is 0.573 e. The van der Waals surface area contributed by atoms with Gasteiger partial charge in [-0.2, -0.15) is 0 Å². The van der Waals surface area contributed by atoms with E-state index in [1.165, 1.54) is 49.9 Å². The number of nitrogens with two attached hydrogens (primary N) is 1. The van der Waals surface area contributed by atoms with E-state index in [1.807, 2.05) is 0 Å². The van der Waals surface area contributed by atoms with Crippen molar-refractivity contribution < 1.29 is 17.9 Å². The van der Waals surface area contributed by atoms with Gasteiger partial charge in [0.1, 0.15) is 5.75 Å². The fourth-order valence-corrected chi connectivity index (χ4v) is 2.35. The number of anilines is 1. The van der Waals surface area contributed by atoms with E-state index in [0.29, 0.717) is 18.2 Å². The maximum atomic E-state index is 12.0. The minimum atomic E-state index is -4.68. The van der Waals surface area contributed by atoms with Crippen molar-refractivity contribution in [1.29, 1.82) is 0 Å². The van der Waals surface area contributed by atoms with Crippen LogP contribution in [-0.4, -0.2) is 18.9 Å². The quantitative estimate of drug-likeness (QED) is 0.661. The first kappa shape index (κ1) is 15.5. The summed E-state index contributed by atoms with van der Waals surface area (Å²) < 4.78 is 39.9. The van der Waals surface area contributed by atoms with Crippen LogP contribution in [-0.2, 0) is 0 Å². The van der Waals surface area contributed by atoms with E-state index < -0.39 is 6.36 Å². The van der Waals surface area contributed by atoms with Crippen molar-refractivity contribution in [3.05, 3.63) is 24.3 Å². The van der Waals surface area contributed by atoms with E-state index in [9.17, 15) is 13.2 Å². The highest BCUT2D eigenvalue weighted by Gasteiger charge is 2.30. The second kappa shape index (κ2) is 6.69. The van der Waals surface area contributed by atoms with Gasteiger partial charge in [0.05, 0.1) is 0 Å². The Bertz CT molecular complexity index is 479. The molecular weight excluding hydrogens is 283 g/mol. The Hall–Kier alpha value is -1.92. The van der Waals surface area contributed by atoms with E-state index in [1.54, 1.807) is 0 Å². The number of halogens is 3. The molecule has 1 aliphatic carbocycles. The van der Waals surface area contributed by atoms with Crippen molar-refractivity contribution in [2.75, 3.05) is 11.9 Å². The molecular formula is C14H18F3N3O. The van der Waals surface area contributed by atoms with Crippen molar-refractivity contribution in [3.63, 3.8) is 0 Å². The zero-order valence-electron chi connectivity index (χ0n) is 11.5. The molecule has 0 unspecified atom stereocenters. The first-order valence-corrected chi connectivity index (χ1v) is 6.85. The second-order valence-electron chi connectivity index (χ2n) is 5.07. The van der Waals surface area contributed by atoms with Gasteiger partial charge in [0.2, 0.25) is 0 Å². The highest BCUT2D eigenvalue weighted by atomic mass is 19.4. The number of rotatable bonds is 4. The smallest absolute Gasteiger partial charge is 0.406 e. The lowest BCUT2D eigenvalue weighted by Gasteiger charge is -2.10. The number of benzene rings is 1. The summed E-state index contributed by atoms with van der Waals surface area (Å²) >= 11 is 0. The predicted molar refractivity (Wildman–Crippen MR) is 75.2 cm³/mol. The van der Waals surface area contributed by atoms with Crippen LogP contribution in [0.15, 0.2) is 29.3 Å². The molecule has 21 heavy (non-hydrogen) atoms. The Kier molecular flexibility index (Phi) is 4.93. The fraction of sp³-hybridized carbons (Fsp3) is 0.500. The predicted octanol–water partition coefficient (Wildman–Crippen LogP) is 3.50. The van der Waals surface area contributed by atoms with E-state index in [0.717, 1.165) is 0 Å². The molecule has 3 N–H and O–H groups in total. The van der Waals surface area contributed by atoms with Crippen LogP contribution in [0.1, 0.15) is 25.7 Å². The average Bonchev–Trinajstić information content (AvgIpc) is 2.90. The van der Waals surface area contributed by atoms with Gasteiger partial charge in [-0.15, -0.1) is 13.2 Å². The van der Waals surface area contributed by atoms with Gasteiger partial charge in [-0.1, -0.05) is 12.8 Å². The molecule has 1 aromatic carbocycles. The van der Waals surface area contributed by atoms with Crippen molar-refractivity contribution in [2.24, 2.45) is 16.6 Å².